The zero-order valence-electron chi connectivity index (χ0n) is 6.47. The summed E-state index contributed by atoms with van der Waals surface area (Å²) in [4.78, 5) is 10.2. The highest BCUT2D eigenvalue weighted by molar-refractivity contribution is 6.28. The number of carbonyl (C=O) groups excluding carboxylic acids is 1. The van der Waals surface area contributed by atoms with Gasteiger partial charge < -0.3 is 5.21 Å². The first-order chi connectivity index (χ1) is 5.86. The monoisotopic (exact) mass is 163 g/mol. The van der Waals surface area contributed by atoms with Crippen molar-refractivity contribution in [3.8, 4) is 0 Å². The Hall–Kier alpha value is -1.64. The maximum Gasteiger partial charge on any atom is 0.167 e. The van der Waals surface area contributed by atoms with Crippen LogP contribution in [-0.4, -0.2) is 17.2 Å². The smallest absolute Gasteiger partial charge is 0.167 e. The molecule has 12 heavy (non-hydrogen) atoms. The van der Waals surface area contributed by atoms with Gasteiger partial charge in [-0.25, -0.2) is 0 Å². The molecule has 0 radical (unpaired) electrons. The van der Waals surface area contributed by atoms with Gasteiger partial charge in [0.2, 0.25) is 0 Å². The minimum Gasteiger partial charge on any atom is -0.411 e. The van der Waals surface area contributed by atoms with Gasteiger partial charge in [-0.05, 0) is 5.56 Å². The van der Waals surface area contributed by atoms with Crippen LogP contribution in [0.4, 0.5) is 0 Å². The number of oxime groups is 1. The number of aldehydes is 1. The van der Waals surface area contributed by atoms with E-state index >= 15 is 0 Å². The first-order valence-electron chi connectivity index (χ1n) is 3.57. The molecule has 0 aliphatic rings. The van der Waals surface area contributed by atoms with E-state index in [2.05, 4.69) is 5.16 Å². The highest BCUT2D eigenvalue weighted by Gasteiger charge is 1.98. The van der Waals surface area contributed by atoms with Gasteiger partial charge in [-0.1, -0.05) is 35.5 Å². The number of nitrogens with zero attached hydrogens (tertiary/aromatic N) is 1. The van der Waals surface area contributed by atoms with Gasteiger partial charge in [-0.3, -0.25) is 4.79 Å². The minimum absolute atomic E-state index is 0.140. The van der Waals surface area contributed by atoms with Gasteiger partial charge in [0.15, 0.2) is 6.29 Å². The summed E-state index contributed by atoms with van der Waals surface area (Å²) in [6.07, 6.45) is 0.924. The second-order valence-corrected chi connectivity index (χ2v) is 2.37. The van der Waals surface area contributed by atoms with Crippen molar-refractivity contribution < 1.29 is 10.0 Å². The topological polar surface area (TPSA) is 49.7 Å². The molecule has 1 rings (SSSR count). The van der Waals surface area contributed by atoms with Crippen molar-refractivity contribution >= 4 is 12.0 Å². The Balaban J connectivity index is 2.70. The van der Waals surface area contributed by atoms with Crippen LogP contribution in [0.1, 0.15) is 5.56 Å². The molecule has 0 spiro atoms. The van der Waals surface area contributed by atoms with E-state index in [0.29, 0.717) is 12.7 Å². The second kappa shape index (κ2) is 4.28. The minimum atomic E-state index is 0.140. The van der Waals surface area contributed by atoms with Gasteiger partial charge >= 0.3 is 0 Å². The molecule has 1 aromatic carbocycles. The lowest BCUT2D eigenvalue weighted by Gasteiger charge is -1.96. The third-order valence-electron chi connectivity index (χ3n) is 1.49. The summed E-state index contributed by atoms with van der Waals surface area (Å²) in [6.45, 7) is 0. The van der Waals surface area contributed by atoms with Crippen LogP contribution in [0.25, 0.3) is 0 Å². The van der Waals surface area contributed by atoms with Crippen molar-refractivity contribution in [1.29, 1.82) is 0 Å². The number of benzene rings is 1. The largest absolute Gasteiger partial charge is 0.411 e. The lowest BCUT2D eigenvalue weighted by molar-refractivity contribution is -0.102. The van der Waals surface area contributed by atoms with Crippen molar-refractivity contribution in [2.24, 2.45) is 5.16 Å². The summed E-state index contributed by atoms with van der Waals surface area (Å²) in [5.41, 5.74) is 1.10. The van der Waals surface area contributed by atoms with Gasteiger partial charge in [-0.15, -0.1) is 0 Å². The zero-order chi connectivity index (χ0) is 8.81. The molecule has 62 valence electrons. The Labute approximate surface area is 70.3 Å². The molecule has 0 saturated carbocycles. The second-order valence-electron chi connectivity index (χ2n) is 2.37. The van der Waals surface area contributed by atoms with Crippen molar-refractivity contribution in [2.45, 2.75) is 6.42 Å². The van der Waals surface area contributed by atoms with Crippen LogP contribution in [0.5, 0.6) is 0 Å². The van der Waals surface area contributed by atoms with Crippen LogP contribution in [0.3, 0.4) is 0 Å². The van der Waals surface area contributed by atoms with Crippen molar-refractivity contribution in [1.82, 2.24) is 0 Å². The van der Waals surface area contributed by atoms with E-state index in [4.69, 9.17) is 5.21 Å². The van der Waals surface area contributed by atoms with Crippen LogP contribution in [0.15, 0.2) is 35.5 Å². The quantitative estimate of drug-likeness (QED) is 0.315. The summed E-state index contributed by atoms with van der Waals surface area (Å²) in [7, 11) is 0. The van der Waals surface area contributed by atoms with E-state index < -0.39 is 0 Å². The molecule has 0 atom stereocenters. The maximum atomic E-state index is 10.2. The molecule has 0 amide bonds. The predicted molar refractivity (Wildman–Crippen MR) is 45.4 cm³/mol. The molecule has 0 bridgehead atoms. The first-order valence-corrected chi connectivity index (χ1v) is 3.57. The number of hydrogen-bond acceptors (Lipinski definition) is 3. The molecule has 0 heterocycles. The number of hydrogen-bond donors (Lipinski definition) is 1. The molecule has 0 aliphatic carbocycles. The fourth-order valence-corrected chi connectivity index (χ4v) is 0.906. The highest BCUT2D eigenvalue weighted by Crippen LogP contribution is 1.99. The summed E-state index contributed by atoms with van der Waals surface area (Å²) in [5.74, 6) is 0. The fraction of sp³-hybridized carbons (Fsp3) is 0.111. The summed E-state index contributed by atoms with van der Waals surface area (Å²) >= 11 is 0. The van der Waals surface area contributed by atoms with Crippen LogP contribution < -0.4 is 0 Å². The normalized spacial score (nSPS) is 11.2. The molecule has 0 aromatic heterocycles. The Morgan fingerprint density at radius 1 is 1.42 bits per heavy atom. The molecule has 3 nitrogen and oxygen atoms in total. The van der Waals surface area contributed by atoms with Gasteiger partial charge in [0.1, 0.15) is 5.71 Å². The van der Waals surface area contributed by atoms with Crippen molar-refractivity contribution in [3.05, 3.63) is 35.9 Å². The van der Waals surface area contributed by atoms with Crippen LogP contribution in [-0.2, 0) is 11.2 Å². The van der Waals surface area contributed by atoms with Gasteiger partial charge in [0.25, 0.3) is 0 Å². The van der Waals surface area contributed by atoms with Crippen molar-refractivity contribution in [3.63, 3.8) is 0 Å². The van der Waals surface area contributed by atoms with E-state index in [1.54, 1.807) is 0 Å². The van der Waals surface area contributed by atoms with Gasteiger partial charge in [-0.2, -0.15) is 0 Å². The molecule has 0 unspecified atom stereocenters. The summed E-state index contributed by atoms with van der Waals surface area (Å²) < 4.78 is 0. The zero-order valence-corrected chi connectivity index (χ0v) is 6.47. The average Bonchev–Trinajstić information content (AvgIpc) is 2.16. The third kappa shape index (κ3) is 2.20. The van der Waals surface area contributed by atoms with Crippen LogP contribution in [0.2, 0.25) is 0 Å². The fourth-order valence-electron chi connectivity index (χ4n) is 0.906. The first kappa shape index (κ1) is 8.46. The van der Waals surface area contributed by atoms with Crippen molar-refractivity contribution in [2.75, 3.05) is 0 Å². The summed E-state index contributed by atoms with van der Waals surface area (Å²) in [5, 5.41) is 11.2. The van der Waals surface area contributed by atoms with E-state index in [9.17, 15) is 4.79 Å². The third-order valence-corrected chi connectivity index (χ3v) is 1.49. The van der Waals surface area contributed by atoms with Crippen LogP contribution >= 0.6 is 0 Å². The van der Waals surface area contributed by atoms with Crippen LogP contribution in [0, 0.1) is 0 Å². The predicted octanol–water partition coefficient (Wildman–Crippen LogP) is 1.26. The van der Waals surface area contributed by atoms with E-state index in [-0.39, 0.29) is 5.71 Å². The molecule has 3 heteroatoms. The van der Waals surface area contributed by atoms with Gasteiger partial charge in [0, 0.05) is 6.42 Å². The Morgan fingerprint density at radius 2 is 2.08 bits per heavy atom. The molecule has 0 aliphatic heterocycles. The Bertz CT molecular complexity index is 280. The van der Waals surface area contributed by atoms with E-state index in [1.807, 2.05) is 30.3 Å². The van der Waals surface area contributed by atoms with Gasteiger partial charge in [0.05, 0.1) is 0 Å². The highest BCUT2D eigenvalue weighted by atomic mass is 16.4. The van der Waals surface area contributed by atoms with E-state index in [1.165, 1.54) is 0 Å². The Kier molecular flexibility index (Phi) is 3.02. The Morgan fingerprint density at radius 3 is 2.58 bits per heavy atom. The van der Waals surface area contributed by atoms with E-state index in [0.717, 1.165) is 5.56 Å². The molecular formula is C9H9NO2. The molecular weight excluding hydrogens is 154 g/mol. The molecule has 0 fully saturated rings. The average molecular weight is 163 g/mol. The lowest BCUT2D eigenvalue weighted by Crippen LogP contribution is -2.03. The number of carbonyl (C=O) groups is 1. The maximum absolute atomic E-state index is 10.2. The standard InChI is InChI=1S/C9H9NO2/c11-7-9(10-12)6-8-4-2-1-3-5-8/h1-5,7,12H,6H2/b10-9-. The molecule has 1 aromatic rings. The number of rotatable bonds is 3. The summed E-state index contributed by atoms with van der Waals surface area (Å²) in [6, 6.07) is 9.37. The SMILES string of the molecule is O=C/C(Cc1ccccc1)=N\O. The lowest BCUT2D eigenvalue weighted by atomic mass is 10.1. The molecule has 0 saturated heterocycles. The molecule has 1 N–H and O–H groups in total.